The highest BCUT2D eigenvalue weighted by Crippen LogP contribution is 2.31. The van der Waals surface area contributed by atoms with Gasteiger partial charge in [-0.3, -0.25) is 9.78 Å². The van der Waals surface area contributed by atoms with Crippen molar-refractivity contribution in [1.82, 2.24) is 4.98 Å². The lowest BCUT2D eigenvalue weighted by Crippen LogP contribution is -2.36. The molecule has 4 nitrogen and oxygen atoms in total. The number of fused-ring (bicyclic) bond motifs is 2. The van der Waals surface area contributed by atoms with E-state index in [2.05, 4.69) is 13.0 Å². The summed E-state index contributed by atoms with van der Waals surface area (Å²) in [6.45, 7) is 4.85. The van der Waals surface area contributed by atoms with Crippen LogP contribution in [0.15, 0.2) is 42.5 Å². The molecule has 2 heterocycles. The fourth-order valence-electron chi connectivity index (χ4n) is 4.04. The second-order valence-electron chi connectivity index (χ2n) is 7.14. The van der Waals surface area contributed by atoms with Crippen LogP contribution in [0.4, 0.5) is 5.69 Å². The average molecular weight is 360 g/mol. The molecule has 0 atom stereocenters. The molecule has 4 heteroatoms. The quantitative estimate of drug-likeness (QED) is 0.696. The average Bonchev–Trinajstić information content (AvgIpc) is 2.70. The van der Waals surface area contributed by atoms with E-state index in [1.54, 1.807) is 7.11 Å². The highest BCUT2D eigenvalue weighted by molar-refractivity contribution is 5.97. The van der Waals surface area contributed by atoms with E-state index in [1.807, 2.05) is 48.2 Å². The van der Waals surface area contributed by atoms with Gasteiger partial charge in [-0.15, -0.1) is 0 Å². The third-order valence-corrected chi connectivity index (χ3v) is 5.52. The molecule has 138 valence electrons. The number of aromatic nitrogens is 1. The van der Waals surface area contributed by atoms with E-state index in [0.29, 0.717) is 6.42 Å². The van der Waals surface area contributed by atoms with E-state index in [4.69, 9.17) is 9.72 Å². The van der Waals surface area contributed by atoms with Crippen molar-refractivity contribution in [3.63, 3.8) is 0 Å². The van der Waals surface area contributed by atoms with Crippen LogP contribution in [0.2, 0.25) is 0 Å². The van der Waals surface area contributed by atoms with Crippen molar-refractivity contribution in [2.45, 2.75) is 33.1 Å². The van der Waals surface area contributed by atoms with Crippen LogP contribution in [0.25, 0.3) is 10.9 Å². The van der Waals surface area contributed by atoms with Crippen molar-refractivity contribution in [3.05, 3.63) is 64.8 Å². The summed E-state index contributed by atoms with van der Waals surface area (Å²) in [6, 6.07) is 14.1. The molecular formula is C23H24N2O2. The zero-order valence-electron chi connectivity index (χ0n) is 16.1. The van der Waals surface area contributed by atoms with Crippen molar-refractivity contribution in [2.24, 2.45) is 0 Å². The van der Waals surface area contributed by atoms with E-state index in [1.165, 1.54) is 5.56 Å². The Labute approximate surface area is 159 Å². The topological polar surface area (TPSA) is 42.4 Å². The SMILES string of the molecule is COc1ccc2c(c1)CCCN2C(=O)Cc1c(C)nc2ccccc2c1C. The number of aryl methyl sites for hydroxylation is 3. The van der Waals surface area contributed by atoms with Crippen LogP contribution in [0, 0.1) is 13.8 Å². The summed E-state index contributed by atoms with van der Waals surface area (Å²) in [5.74, 6) is 0.970. The Morgan fingerprint density at radius 3 is 2.81 bits per heavy atom. The number of anilines is 1. The fourth-order valence-corrected chi connectivity index (χ4v) is 4.04. The van der Waals surface area contributed by atoms with Crippen LogP contribution in [0.5, 0.6) is 5.75 Å². The first-order valence-corrected chi connectivity index (χ1v) is 9.40. The molecule has 4 rings (SSSR count). The molecule has 0 N–H and O–H groups in total. The number of ether oxygens (including phenoxy) is 1. The standard InChI is InChI=1S/C23H24N2O2/c1-15-19-8-4-5-9-21(19)24-16(2)20(15)14-23(26)25-12-6-7-17-13-18(27-3)10-11-22(17)25/h4-5,8-11,13H,6-7,12,14H2,1-3H3. The van der Waals surface area contributed by atoms with Crippen LogP contribution >= 0.6 is 0 Å². The van der Waals surface area contributed by atoms with Crippen molar-refractivity contribution >= 4 is 22.5 Å². The molecule has 1 aromatic heterocycles. The molecule has 27 heavy (non-hydrogen) atoms. The van der Waals surface area contributed by atoms with Gasteiger partial charge in [0.05, 0.1) is 19.0 Å². The number of carbonyl (C=O) groups excluding carboxylic acids is 1. The molecule has 0 aliphatic carbocycles. The van der Waals surface area contributed by atoms with Gasteiger partial charge in [0.2, 0.25) is 5.91 Å². The van der Waals surface area contributed by atoms with Gasteiger partial charge in [0.1, 0.15) is 5.75 Å². The molecule has 1 aliphatic rings. The normalized spacial score (nSPS) is 13.5. The lowest BCUT2D eigenvalue weighted by atomic mass is 9.97. The Hall–Kier alpha value is -2.88. The number of rotatable bonds is 3. The van der Waals surface area contributed by atoms with Crippen molar-refractivity contribution < 1.29 is 9.53 Å². The number of amides is 1. The van der Waals surface area contributed by atoms with Crippen LogP contribution in [-0.4, -0.2) is 24.5 Å². The molecule has 0 radical (unpaired) electrons. The number of benzene rings is 2. The van der Waals surface area contributed by atoms with Gasteiger partial charge in [-0.1, -0.05) is 18.2 Å². The van der Waals surface area contributed by atoms with Gasteiger partial charge >= 0.3 is 0 Å². The molecule has 3 aromatic rings. The summed E-state index contributed by atoms with van der Waals surface area (Å²) in [4.78, 5) is 19.8. The van der Waals surface area contributed by atoms with Crippen molar-refractivity contribution in [2.75, 3.05) is 18.6 Å². The Morgan fingerprint density at radius 2 is 2.00 bits per heavy atom. The van der Waals surface area contributed by atoms with E-state index in [0.717, 1.165) is 58.5 Å². The molecule has 0 bridgehead atoms. The van der Waals surface area contributed by atoms with Gasteiger partial charge in [0.25, 0.3) is 0 Å². The van der Waals surface area contributed by atoms with Crippen LogP contribution in [-0.2, 0) is 17.6 Å². The first-order chi connectivity index (χ1) is 13.1. The molecule has 0 unspecified atom stereocenters. The lowest BCUT2D eigenvalue weighted by molar-refractivity contribution is -0.118. The summed E-state index contributed by atoms with van der Waals surface area (Å²) in [5.41, 5.74) is 6.30. The highest BCUT2D eigenvalue weighted by Gasteiger charge is 2.24. The second kappa shape index (κ2) is 7.03. The third kappa shape index (κ3) is 3.16. The third-order valence-electron chi connectivity index (χ3n) is 5.52. The molecular weight excluding hydrogens is 336 g/mol. The Bertz CT molecular complexity index is 1030. The van der Waals surface area contributed by atoms with Gasteiger partial charge in [0.15, 0.2) is 0 Å². The van der Waals surface area contributed by atoms with E-state index < -0.39 is 0 Å². The number of hydrogen-bond acceptors (Lipinski definition) is 3. The summed E-state index contributed by atoms with van der Waals surface area (Å²) < 4.78 is 5.33. The van der Waals surface area contributed by atoms with Gasteiger partial charge in [-0.05, 0) is 67.6 Å². The summed E-state index contributed by atoms with van der Waals surface area (Å²) in [6.07, 6.45) is 2.33. The fraction of sp³-hybridized carbons (Fsp3) is 0.304. The minimum Gasteiger partial charge on any atom is -0.497 e. The molecule has 0 spiro atoms. The predicted octanol–water partition coefficient (Wildman–Crippen LogP) is 4.38. The van der Waals surface area contributed by atoms with E-state index in [9.17, 15) is 4.79 Å². The molecule has 1 aliphatic heterocycles. The van der Waals surface area contributed by atoms with Crippen molar-refractivity contribution in [1.29, 1.82) is 0 Å². The van der Waals surface area contributed by atoms with Crippen molar-refractivity contribution in [3.8, 4) is 5.75 Å². The first kappa shape index (κ1) is 17.5. The Balaban J connectivity index is 1.67. The summed E-state index contributed by atoms with van der Waals surface area (Å²) >= 11 is 0. The van der Waals surface area contributed by atoms with Crippen LogP contribution < -0.4 is 9.64 Å². The second-order valence-corrected chi connectivity index (χ2v) is 7.14. The number of nitrogens with zero attached hydrogens (tertiary/aromatic N) is 2. The number of carbonyl (C=O) groups is 1. The zero-order chi connectivity index (χ0) is 19.0. The number of methoxy groups -OCH3 is 1. The zero-order valence-corrected chi connectivity index (χ0v) is 16.1. The highest BCUT2D eigenvalue weighted by atomic mass is 16.5. The number of pyridine rings is 1. The summed E-state index contributed by atoms with van der Waals surface area (Å²) in [7, 11) is 1.67. The maximum absolute atomic E-state index is 13.2. The largest absolute Gasteiger partial charge is 0.497 e. The monoisotopic (exact) mass is 360 g/mol. The number of para-hydroxylation sites is 1. The minimum atomic E-state index is 0.129. The predicted molar refractivity (Wildman–Crippen MR) is 109 cm³/mol. The molecule has 0 saturated carbocycles. The van der Waals surface area contributed by atoms with Gasteiger partial charge in [-0.25, -0.2) is 0 Å². The molecule has 0 fully saturated rings. The minimum absolute atomic E-state index is 0.129. The Morgan fingerprint density at radius 1 is 1.19 bits per heavy atom. The first-order valence-electron chi connectivity index (χ1n) is 9.40. The maximum Gasteiger partial charge on any atom is 0.231 e. The smallest absolute Gasteiger partial charge is 0.231 e. The summed E-state index contributed by atoms with van der Waals surface area (Å²) in [5, 5.41) is 1.12. The molecule has 0 saturated heterocycles. The lowest BCUT2D eigenvalue weighted by Gasteiger charge is -2.30. The van der Waals surface area contributed by atoms with Crippen LogP contribution in [0.3, 0.4) is 0 Å². The molecule has 2 aromatic carbocycles. The van der Waals surface area contributed by atoms with Gasteiger partial charge in [0, 0.05) is 23.3 Å². The van der Waals surface area contributed by atoms with E-state index >= 15 is 0 Å². The van der Waals surface area contributed by atoms with Gasteiger partial charge < -0.3 is 9.64 Å². The van der Waals surface area contributed by atoms with Gasteiger partial charge in [-0.2, -0.15) is 0 Å². The number of hydrogen-bond donors (Lipinski definition) is 0. The van der Waals surface area contributed by atoms with Crippen LogP contribution in [0.1, 0.15) is 28.8 Å². The molecule has 1 amide bonds. The Kier molecular flexibility index (Phi) is 4.56. The maximum atomic E-state index is 13.2. The van der Waals surface area contributed by atoms with E-state index in [-0.39, 0.29) is 5.91 Å².